The smallest absolute Gasteiger partial charge is 0.339 e. The van der Waals surface area contributed by atoms with Crippen molar-refractivity contribution in [2.24, 2.45) is 0 Å². The summed E-state index contributed by atoms with van der Waals surface area (Å²) in [6.07, 6.45) is 2.24. The summed E-state index contributed by atoms with van der Waals surface area (Å²) in [7, 11) is 0. The first-order valence-electron chi connectivity index (χ1n) is 5.69. The van der Waals surface area contributed by atoms with Gasteiger partial charge >= 0.3 is 5.97 Å². The van der Waals surface area contributed by atoms with E-state index in [1.54, 1.807) is 6.07 Å². The van der Waals surface area contributed by atoms with E-state index >= 15 is 0 Å². The minimum absolute atomic E-state index is 0.262. The Labute approximate surface area is 96.8 Å². The lowest BCUT2D eigenvalue weighted by molar-refractivity contribution is 0.0472. The van der Waals surface area contributed by atoms with Gasteiger partial charge in [0.25, 0.3) is 0 Å². The summed E-state index contributed by atoms with van der Waals surface area (Å²) in [5.74, 6) is -0.262. The van der Waals surface area contributed by atoms with Crippen LogP contribution in [0.15, 0.2) is 24.3 Å². The van der Waals surface area contributed by atoms with Crippen molar-refractivity contribution >= 4 is 5.97 Å². The number of ether oxygens (including phenoxy) is 1. The van der Waals surface area contributed by atoms with E-state index in [0.29, 0.717) is 5.56 Å². The highest BCUT2D eigenvalue weighted by Crippen LogP contribution is 2.07. The van der Waals surface area contributed by atoms with Crippen LogP contribution in [-0.4, -0.2) is 19.2 Å². The van der Waals surface area contributed by atoms with Crippen molar-refractivity contribution in [3.63, 3.8) is 0 Å². The van der Waals surface area contributed by atoms with Crippen molar-refractivity contribution in [3.8, 4) is 0 Å². The molecule has 0 aromatic heterocycles. The van der Waals surface area contributed by atoms with E-state index < -0.39 is 0 Å². The zero-order valence-corrected chi connectivity index (χ0v) is 9.95. The summed E-state index contributed by atoms with van der Waals surface area (Å²) in [6, 6.07) is 7.44. The number of carbonyl (C=O) groups excluding carboxylic acids is 1. The van der Waals surface area contributed by atoms with E-state index in [1.165, 1.54) is 0 Å². The predicted molar refractivity (Wildman–Crippen MR) is 64.4 cm³/mol. The Morgan fingerprint density at radius 2 is 2.12 bits per heavy atom. The van der Waals surface area contributed by atoms with Crippen molar-refractivity contribution in [1.29, 1.82) is 0 Å². The highest BCUT2D eigenvalue weighted by Gasteiger charge is 2.08. The summed E-state index contributed by atoms with van der Waals surface area (Å²) < 4.78 is 5.11. The highest BCUT2D eigenvalue weighted by molar-refractivity contribution is 5.90. The minimum Gasteiger partial charge on any atom is -0.446 e. The molecule has 3 heteroatoms. The van der Waals surface area contributed by atoms with Gasteiger partial charge in [-0.15, -0.1) is 0 Å². The molecule has 0 bridgehead atoms. The first-order chi connectivity index (χ1) is 7.75. The van der Waals surface area contributed by atoms with Crippen LogP contribution in [0.1, 0.15) is 35.7 Å². The van der Waals surface area contributed by atoms with Crippen molar-refractivity contribution in [3.05, 3.63) is 35.4 Å². The van der Waals surface area contributed by atoms with Gasteiger partial charge < -0.3 is 4.74 Å². The molecule has 0 saturated heterocycles. The number of hydrogen-bond acceptors (Lipinski definition) is 3. The van der Waals surface area contributed by atoms with Crippen LogP contribution in [0.2, 0.25) is 0 Å². The Morgan fingerprint density at radius 3 is 2.81 bits per heavy atom. The van der Waals surface area contributed by atoms with Gasteiger partial charge in [-0.1, -0.05) is 31.5 Å². The molecule has 1 aromatic carbocycles. The Hall–Kier alpha value is -1.35. The molecule has 0 fully saturated rings. The lowest BCUT2D eigenvalue weighted by atomic mass is 10.1. The Balaban J connectivity index is 2.33. The summed E-state index contributed by atoms with van der Waals surface area (Å²) >= 11 is 0. The third-order valence-electron chi connectivity index (χ3n) is 2.38. The fourth-order valence-corrected chi connectivity index (χ4v) is 1.37. The fraction of sp³-hybridized carbons (Fsp3) is 0.462. The van der Waals surface area contributed by atoms with Crippen LogP contribution < -0.4 is 5.32 Å². The normalized spacial score (nSPS) is 10.1. The molecule has 0 spiro atoms. The first-order valence-corrected chi connectivity index (χ1v) is 5.69. The molecule has 0 atom stereocenters. The second-order valence-electron chi connectivity index (χ2n) is 3.74. The molecule has 0 aliphatic carbocycles. The minimum atomic E-state index is -0.262. The number of nitrogens with one attached hydrogen (secondary N) is 1. The number of aryl methyl sites for hydroxylation is 1. The van der Waals surface area contributed by atoms with E-state index in [4.69, 9.17) is 4.74 Å². The molecule has 0 heterocycles. The molecule has 0 radical (unpaired) electrons. The molecule has 0 aliphatic heterocycles. The SMILES string of the molecule is CCCCNCOC(=O)c1ccccc1C. The monoisotopic (exact) mass is 221 g/mol. The van der Waals surface area contributed by atoms with Gasteiger partial charge in [-0.25, -0.2) is 4.79 Å². The lowest BCUT2D eigenvalue weighted by Crippen LogP contribution is -2.22. The fourth-order valence-electron chi connectivity index (χ4n) is 1.37. The number of benzene rings is 1. The summed E-state index contributed by atoms with van der Waals surface area (Å²) in [5, 5.41) is 3.06. The predicted octanol–water partition coefficient (Wildman–Crippen LogP) is 2.50. The average molecular weight is 221 g/mol. The molecule has 88 valence electrons. The van der Waals surface area contributed by atoms with Crippen LogP contribution in [0.5, 0.6) is 0 Å². The third kappa shape index (κ3) is 4.03. The topological polar surface area (TPSA) is 38.3 Å². The van der Waals surface area contributed by atoms with Crippen LogP contribution in [0, 0.1) is 6.92 Å². The van der Waals surface area contributed by atoms with E-state index in [0.717, 1.165) is 24.9 Å². The maximum absolute atomic E-state index is 11.6. The van der Waals surface area contributed by atoms with Gasteiger partial charge in [-0.05, 0) is 31.5 Å². The maximum atomic E-state index is 11.6. The van der Waals surface area contributed by atoms with Gasteiger partial charge in [0.1, 0.15) is 6.73 Å². The van der Waals surface area contributed by atoms with Gasteiger partial charge in [0, 0.05) is 0 Å². The highest BCUT2D eigenvalue weighted by atomic mass is 16.5. The largest absolute Gasteiger partial charge is 0.446 e. The zero-order chi connectivity index (χ0) is 11.8. The van der Waals surface area contributed by atoms with Crippen molar-refractivity contribution in [2.45, 2.75) is 26.7 Å². The van der Waals surface area contributed by atoms with Crippen LogP contribution in [0.4, 0.5) is 0 Å². The van der Waals surface area contributed by atoms with Gasteiger partial charge in [0.2, 0.25) is 0 Å². The number of carbonyl (C=O) groups is 1. The molecule has 0 amide bonds. The second-order valence-corrected chi connectivity index (χ2v) is 3.74. The number of esters is 1. The van der Waals surface area contributed by atoms with Crippen LogP contribution >= 0.6 is 0 Å². The van der Waals surface area contributed by atoms with E-state index in [-0.39, 0.29) is 12.7 Å². The molecular weight excluding hydrogens is 202 g/mol. The molecule has 0 unspecified atom stereocenters. The number of unbranched alkanes of at least 4 members (excludes halogenated alkanes) is 1. The maximum Gasteiger partial charge on any atom is 0.339 e. The summed E-state index contributed by atoms with van der Waals surface area (Å²) in [6.45, 7) is 5.20. The molecule has 0 saturated carbocycles. The molecule has 1 aromatic rings. The molecule has 16 heavy (non-hydrogen) atoms. The average Bonchev–Trinajstić information content (AvgIpc) is 2.29. The molecular formula is C13H19NO2. The molecule has 1 rings (SSSR count). The van der Waals surface area contributed by atoms with Crippen molar-refractivity contribution in [2.75, 3.05) is 13.3 Å². The van der Waals surface area contributed by atoms with Crippen LogP contribution in [0.3, 0.4) is 0 Å². The van der Waals surface area contributed by atoms with Gasteiger partial charge in [0.15, 0.2) is 0 Å². The lowest BCUT2D eigenvalue weighted by Gasteiger charge is -2.07. The Bertz CT molecular complexity index is 336. The van der Waals surface area contributed by atoms with Crippen LogP contribution in [0.25, 0.3) is 0 Å². The number of hydrogen-bond donors (Lipinski definition) is 1. The summed E-state index contributed by atoms with van der Waals surface area (Å²) in [5.41, 5.74) is 1.58. The number of rotatable bonds is 6. The van der Waals surface area contributed by atoms with E-state index in [9.17, 15) is 4.79 Å². The zero-order valence-electron chi connectivity index (χ0n) is 9.95. The van der Waals surface area contributed by atoms with Crippen molar-refractivity contribution < 1.29 is 9.53 Å². The van der Waals surface area contributed by atoms with Crippen molar-refractivity contribution in [1.82, 2.24) is 5.32 Å². The van der Waals surface area contributed by atoms with Gasteiger partial charge in [0.05, 0.1) is 5.56 Å². The first kappa shape index (κ1) is 12.7. The third-order valence-corrected chi connectivity index (χ3v) is 2.38. The molecule has 3 nitrogen and oxygen atoms in total. The second kappa shape index (κ2) is 7.01. The van der Waals surface area contributed by atoms with E-state index in [1.807, 2.05) is 25.1 Å². The molecule has 0 aliphatic rings. The van der Waals surface area contributed by atoms with Crippen LogP contribution in [-0.2, 0) is 4.74 Å². The van der Waals surface area contributed by atoms with Gasteiger partial charge in [-0.2, -0.15) is 0 Å². The standard InChI is InChI=1S/C13H19NO2/c1-3-4-9-14-10-16-13(15)12-8-6-5-7-11(12)2/h5-8,14H,3-4,9-10H2,1-2H3. The Kier molecular flexibility index (Phi) is 5.57. The van der Waals surface area contributed by atoms with Gasteiger partial charge in [-0.3, -0.25) is 5.32 Å². The quantitative estimate of drug-likeness (QED) is 0.455. The summed E-state index contributed by atoms with van der Waals surface area (Å²) in [4.78, 5) is 11.6. The van der Waals surface area contributed by atoms with E-state index in [2.05, 4.69) is 12.2 Å². The molecule has 1 N–H and O–H groups in total. The Morgan fingerprint density at radius 1 is 1.38 bits per heavy atom.